The van der Waals surface area contributed by atoms with Crippen LogP contribution in [0, 0.1) is 0 Å². The maximum atomic E-state index is 13.7. The van der Waals surface area contributed by atoms with Gasteiger partial charge in [0.15, 0.2) is 0 Å². The summed E-state index contributed by atoms with van der Waals surface area (Å²) in [7, 11) is 0. The fourth-order valence-electron chi connectivity index (χ4n) is 11.1. The number of rotatable bonds is 19. The first-order chi connectivity index (χ1) is 36.0. The van der Waals surface area contributed by atoms with E-state index < -0.39 is 12.1 Å². The van der Waals surface area contributed by atoms with E-state index in [1.807, 2.05) is 34.9 Å². The molecule has 0 bridgehead atoms. The molecule has 75 heavy (non-hydrogen) atoms. The Morgan fingerprint density at radius 3 is 1.43 bits per heavy atom. The number of carbonyl (C=O) groups is 5. The van der Waals surface area contributed by atoms with Crippen molar-refractivity contribution >= 4 is 75.8 Å². The summed E-state index contributed by atoms with van der Waals surface area (Å²) in [5.74, 6) is -0.305. The number of amides is 4. The van der Waals surface area contributed by atoms with E-state index in [1.54, 1.807) is 24.3 Å². The minimum atomic E-state index is -0.703. The van der Waals surface area contributed by atoms with Crippen molar-refractivity contribution in [2.45, 2.75) is 147 Å². The first kappa shape index (κ1) is 62.0. The van der Waals surface area contributed by atoms with Gasteiger partial charge in [-0.05, 0) is 86.9 Å². The number of benzene rings is 3. The lowest BCUT2D eigenvalue weighted by Gasteiger charge is -2.50. The molecule has 4 fully saturated rings. The molecule has 0 aromatic heterocycles. The molecule has 7 rings (SSSR count). The fraction of sp³-hybridized carbons (Fsp3) is 0.596. The van der Waals surface area contributed by atoms with Gasteiger partial charge in [0, 0.05) is 135 Å². The molecule has 4 aliphatic rings. The smallest absolute Gasteiger partial charge is 0.245 e. The minimum Gasteiger partial charge on any atom is -0.344 e. The Hall–Kier alpha value is -3.83. The molecule has 18 heteroatoms. The van der Waals surface area contributed by atoms with Crippen molar-refractivity contribution in [3.05, 3.63) is 104 Å². The zero-order valence-corrected chi connectivity index (χ0v) is 47.6. The highest BCUT2D eigenvalue weighted by Gasteiger charge is 2.42. The average molecular weight is 1120 g/mol. The van der Waals surface area contributed by atoms with Crippen LogP contribution in [0.2, 0.25) is 20.1 Å². The van der Waals surface area contributed by atoms with Gasteiger partial charge in [-0.1, -0.05) is 134 Å². The normalized spacial score (nSPS) is 18.5. The van der Waals surface area contributed by atoms with Crippen LogP contribution in [0.15, 0.2) is 66.7 Å². The molecule has 2 aliphatic carbocycles. The van der Waals surface area contributed by atoms with E-state index in [0.717, 1.165) is 69.7 Å². The summed E-state index contributed by atoms with van der Waals surface area (Å²) in [5.41, 5.74) is 14.9. The highest BCUT2D eigenvalue weighted by Crippen LogP contribution is 2.36. The van der Waals surface area contributed by atoms with E-state index in [-0.39, 0.29) is 53.5 Å². The van der Waals surface area contributed by atoms with Crippen molar-refractivity contribution in [3.63, 3.8) is 0 Å². The van der Waals surface area contributed by atoms with Crippen LogP contribution in [0.5, 0.6) is 0 Å². The van der Waals surface area contributed by atoms with E-state index in [4.69, 9.17) is 57.9 Å². The minimum absolute atomic E-state index is 0.0504. The van der Waals surface area contributed by atoms with Crippen LogP contribution in [0.25, 0.3) is 0 Å². The number of hydrogen-bond donors (Lipinski definition) is 5. The van der Waals surface area contributed by atoms with Crippen molar-refractivity contribution in [2.75, 3.05) is 72.0 Å². The Bertz CT molecular complexity index is 2280. The van der Waals surface area contributed by atoms with E-state index in [1.165, 1.54) is 70.8 Å². The van der Waals surface area contributed by atoms with Crippen molar-refractivity contribution in [1.82, 2.24) is 35.6 Å². The second-order valence-electron chi connectivity index (χ2n) is 20.8. The Balaban J connectivity index is 0.000000263. The van der Waals surface area contributed by atoms with Gasteiger partial charge in [-0.3, -0.25) is 29.0 Å². The number of nitrogens with zero attached hydrogens (tertiary/aromatic N) is 4. The third-order valence-corrected chi connectivity index (χ3v) is 16.3. The van der Waals surface area contributed by atoms with E-state index in [9.17, 15) is 24.0 Å². The van der Waals surface area contributed by atoms with Crippen LogP contribution >= 0.6 is 46.4 Å². The van der Waals surface area contributed by atoms with Crippen LogP contribution in [-0.4, -0.2) is 144 Å². The number of carbonyl (C=O) groups excluding carboxylic acids is 5. The molecule has 4 amide bonds. The summed E-state index contributed by atoms with van der Waals surface area (Å²) < 4.78 is 0. The second kappa shape index (κ2) is 31.5. The number of nitrogens with two attached hydrogens (primary N) is 2. The number of halogens is 4. The van der Waals surface area contributed by atoms with Gasteiger partial charge in [-0.15, -0.1) is 0 Å². The summed E-state index contributed by atoms with van der Waals surface area (Å²) in [6.45, 7) is 13.6. The van der Waals surface area contributed by atoms with E-state index in [2.05, 4.69) is 50.0 Å². The molecule has 14 nitrogen and oxygen atoms in total. The average Bonchev–Trinajstić information content (AvgIpc) is 3.40. The molecular weight excluding hydrogens is 1030 g/mol. The molecule has 414 valence electrons. The molecule has 2 saturated carbocycles. The number of piperazine rings is 2. The van der Waals surface area contributed by atoms with Crippen LogP contribution < -0.4 is 27.4 Å². The zero-order chi connectivity index (χ0) is 54.4. The number of ketones is 1. The highest BCUT2D eigenvalue weighted by atomic mass is 35.5. The van der Waals surface area contributed by atoms with Crippen LogP contribution in [0.1, 0.15) is 121 Å². The van der Waals surface area contributed by atoms with Gasteiger partial charge in [-0.25, -0.2) is 0 Å². The molecule has 2 atom stereocenters. The molecular formula is C57H83Cl4N9O5. The fourth-order valence-corrected chi connectivity index (χ4v) is 12.0. The predicted molar refractivity (Wildman–Crippen MR) is 304 cm³/mol. The Kier molecular flexibility index (Phi) is 26.1. The summed E-state index contributed by atoms with van der Waals surface area (Å²) >= 11 is 24.9. The maximum Gasteiger partial charge on any atom is 0.245 e. The first-order valence-corrected chi connectivity index (χ1v) is 28.7. The number of nitrogens with one attached hydrogen (secondary N) is 3. The predicted octanol–water partition coefficient (Wildman–Crippen LogP) is 8.23. The maximum absolute atomic E-state index is 13.7. The molecule has 3 aromatic carbocycles. The molecule has 0 radical (unpaired) electrons. The van der Waals surface area contributed by atoms with Crippen LogP contribution in [0.4, 0.5) is 0 Å². The van der Waals surface area contributed by atoms with Crippen molar-refractivity contribution in [2.24, 2.45) is 11.5 Å². The highest BCUT2D eigenvalue weighted by molar-refractivity contribution is 6.35. The van der Waals surface area contributed by atoms with Crippen molar-refractivity contribution in [3.8, 4) is 0 Å². The van der Waals surface area contributed by atoms with E-state index in [0.29, 0.717) is 72.1 Å². The number of hydrogen-bond acceptors (Lipinski definition) is 10. The number of Topliss-reactive ketones (excluding diaryl/α,β-unsaturated/α-hetero) is 1. The molecule has 2 aliphatic heterocycles. The summed E-state index contributed by atoms with van der Waals surface area (Å²) in [6, 6.07) is 19.7. The lowest BCUT2D eigenvalue weighted by molar-refractivity contribution is -0.139. The largest absolute Gasteiger partial charge is 0.344 e. The van der Waals surface area contributed by atoms with Crippen LogP contribution in [-0.2, 0) is 43.4 Å². The SMILES string of the molecule is CC(C)=O.CCCC(=O)NC(Cc1ccc(Cl)cc1Cl)C(=O)N1CCN(C2(CN)CCCCC2)CC1.NCCC(=O)NC(Cc1ccc(Cl)cc1Cl)C(=O)N1CCN(C2(CNCc3ccccc3)CCCCC2)CC1. The molecule has 0 spiro atoms. The lowest BCUT2D eigenvalue weighted by atomic mass is 9.79. The molecule has 3 aromatic rings. The quantitative estimate of drug-likeness (QED) is 0.0783. The topological polar surface area (TPSA) is 186 Å². The summed E-state index contributed by atoms with van der Waals surface area (Å²) in [6.07, 6.45) is 14.1. The van der Waals surface area contributed by atoms with Gasteiger partial charge >= 0.3 is 0 Å². The van der Waals surface area contributed by atoms with Crippen LogP contribution in [0.3, 0.4) is 0 Å². The Labute approximate surface area is 466 Å². The monoisotopic (exact) mass is 1110 g/mol. The summed E-state index contributed by atoms with van der Waals surface area (Å²) in [4.78, 5) is 70.3. The van der Waals surface area contributed by atoms with E-state index >= 15 is 0 Å². The summed E-state index contributed by atoms with van der Waals surface area (Å²) in [5, 5.41) is 11.6. The third-order valence-electron chi connectivity index (χ3n) is 15.1. The first-order valence-electron chi connectivity index (χ1n) is 27.2. The standard InChI is InChI=1S/C30H41Cl2N5O2.C24H36Cl2N4O2.C3H6O/c31-25-10-9-24(26(32)20-25)19-27(35-28(38)11-14-33)29(39)36-15-17-37(18-16-36)30(12-5-2-6-13-30)22-34-21-23-7-3-1-4-8-23;1-2-6-22(31)28-21(15-18-7-8-19(25)16-20(18)26)23(32)29-11-13-30(14-12-29)24(17-27)9-4-3-5-10-24;1-3(2)4/h1,3-4,7-10,20,27,34H,2,5-6,11-19,21-22,33H2,(H,35,38);7-8,16,21H,2-6,9-15,17,27H2,1H3,(H,28,31);1-2H3. The Morgan fingerprint density at radius 2 is 1.01 bits per heavy atom. The van der Waals surface area contributed by atoms with Gasteiger partial charge in [0.25, 0.3) is 0 Å². The lowest BCUT2D eigenvalue weighted by Crippen LogP contribution is -2.63. The Morgan fingerprint density at radius 1 is 0.587 bits per heavy atom. The third kappa shape index (κ3) is 19.2. The van der Waals surface area contributed by atoms with Gasteiger partial charge in [0.05, 0.1) is 0 Å². The van der Waals surface area contributed by atoms with Crippen molar-refractivity contribution < 1.29 is 24.0 Å². The van der Waals surface area contributed by atoms with Gasteiger partial charge in [0.1, 0.15) is 17.9 Å². The molecule has 2 saturated heterocycles. The molecule has 7 N–H and O–H groups in total. The van der Waals surface area contributed by atoms with Gasteiger partial charge in [-0.2, -0.15) is 0 Å². The van der Waals surface area contributed by atoms with Gasteiger partial charge in [0.2, 0.25) is 23.6 Å². The molecule has 2 heterocycles. The zero-order valence-electron chi connectivity index (χ0n) is 44.6. The second-order valence-corrected chi connectivity index (χ2v) is 22.5. The van der Waals surface area contributed by atoms with Gasteiger partial charge < -0.3 is 42.0 Å². The van der Waals surface area contributed by atoms with Crippen molar-refractivity contribution in [1.29, 1.82) is 0 Å². The molecule has 2 unspecified atom stereocenters.